The van der Waals surface area contributed by atoms with E-state index in [1.807, 2.05) is 0 Å². The Hall–Kier alpha value is -0.610. The van der Waals surface area contributed by atoms with Gasteiger partial charge in [-0.25, -0.2) is 0 Å². The molecule has 0 aliphatic carbocycles. The van der Waals surface area contributed by atoms with E-state index in [-0.39, 0.29) is 0 Å². The maximum Gasteiger partial charge on any atom is 0.187 e. The fraction of sp³-hybridized carbons (Fsp3) is 0.200. The van der Waals surface area contributed by atoms with Gasteiger partial charge in [-0.1, -0.05) is 0 Å². The van der Waals surface area contributed by atoms with Crippen LogP contribution in [0.3, 0.4) is 0 Å². The molecule has 0 saturated carbocycles. The first-order valence-corrected chi connectivity index (χ1v) is 2.93. The number of thiol groups is 1. The van der Waals surface area contributed by atoms with Crippen molar-refractivity contribution in [2.45, 2.75) is 6.23 Å². The van der Waals surface area contributed by atoms with Gasteiger partial charge in [-0.3, -0.25) is 5.73 Å². The molecule has 0 saturated heterocycles. The summed E-state index contributed by atoms with van der Waals surface area (Å²) in [5, 5.41) is 0. The highest BCUT2D eigenvalue weighted by molar-refractivity contribution is 7.84. The smallest absolute Gasteiger partial charge is 0.187 e. The Kier molecular flexibility index (Phi) is 1.68. The summed E-state index contributed by atoms with van der Waals surface area (Å²) in [5.74, 6) is 0.315. The summed E-state index contributed by atoms with van der Waals surface area (Å²) in [6.45, 7) is 0. The highest BCUT2D eigenvalue weighted by Crippen LogP contribution is 2.12. The van der Waals surface area contributed by atoms with Crippen molar-refractivity contribution in [1.29, 1.82) is 0 Å². The standard InChI is InChI=1S/C5H8N2OS/c6-4-1-3(9)2-5(7)8-4/h1-2,4,9H,6-7H2. The minimum atomic E-state index is -0.442. The Morgan fingerprint density at radius 3 is 2.78 bits per heavy atom. The number of hydrogen-bond acceptors (Lipinski definition) is 4. The van der Waals surface area contributed by atoms with Crippen molar-refractivity contribution in [3.05, 3.63) is 22.9 Å². The van der Waals surface area contributed by atoms with Crippen LogP contribution >= 0.6 is 12.6 Å². The van der Waals surface area contributed by atoms with Crippen LogP contribution in [-0.2, 0) is 4.74 Å². The van der Waals surface area contributed by atoms with Crippen molar-refractivity contribution in [3.8, 4) is 0 Å². The molecule has 0 spiro atoms. The normalized spacial score (nSPS) is 26.2. The molecule has 0 radical (unpaired) electrons. The molecule has 1 unspecified atom stereocenters. The molecule has 50 valence electrons. The maximum absolute atomic E-state index is 5.35. The van der Waals surface area contributed by atoms with E-state index in [4.69, 9.17) is 16.2 Å². The quantitative estimate of drug-likeness (QED) is 0.416. The van der Waals surface area contributed by atoms with Crippen LogP contribution in [0.4, 0.5) is 0 Å². The molecule has 1 aliphatic heterocycles. The van der Waals surface area contributed by atoms with Gasteiger partial charge in [0.05, 0.1) is 0 Å². The SMILES string of the molecule is NC1=CC(S)=CC(N)O1. The van der Waals surface area contributed by atoms with Crippen molar-refractivity contribution >= 4 is 12.6 Å². The van der Waals surface area contributed by atoms with E-state index < -0.39 is 6.23 Å². The van der Waals surface area contributed by atoms with Gasteiger partial charge < -0.3 is 10.5 Å². The van der Waals surface area contributed by atoms with E-state index in [9.17, 15) is 0 Å². The number of rotatable bonds is 0. The lowest BCUT2D eigenvalue weighted by molar-refractivity contribution is 0.154. The summed E-state index contributed by atoms with van der Waals surface area (Å²) in [6.07, 6.45) is 2.83. The average Bonchev–Trinajstić information content (AvgIpc) is 1.59. The third kappa shape index (κ3) is 1.65. The minimum absolute atomic E-state index is 0.315. The summed E-state index contributed by atoms with van der Waals surface area (Å²) in [7, 11) is 0. The predicted octanol–water partition coefficient (Wildman–Crippen LogP) is -0.0848. The van der Waals surface area contributed by atoms with Crippen LogP contribution in [0, 0.1) is 0 Å². The van der Waals surface area contributed by atoms with Crippen LogP contribution in [0.25, 0.3) is 0 Å². The summed E-state index contributed by atoms with van der Waals surface area (Å²) in [5.41, 5.74) is 10.6. The van der Waals surface area contributed by atoms with E-state index in [2.05, 4.69) is 12.6 Å². The fourth-order valence-corrected chi connectivity index (χ4v) is 0.862. The van der Waals surface area contributed by atoms with Gasteiger partial charge in [-0.05, 0) is 6.08 Å². The number of hydrogen-bond donors (Lipinski definition) is 3. The molecule has 4 N–H and O–H groups in total. The van der Waals surface area contributed by atoms with Gasteiger partial charge in [0.25, 0.3) is 0 Å². The highest BCUT2D eigenvalue weighted by atomic mass is 32.1. The monoisotopic (exact) mass is 144 g/mol. The second kappa shape index (κ2) is 2.33. The average molecular weight is 144 g/mol. The topological polar surface area (TPSA) is 61.3 Å². The molecular formula is C5H8N2OS. The maximum atomic E-state index is 5.35. The molecule has 9 heavy (non-hydrogen) atoms. The fourth-order valence-electron chi connectivity index (χ4n) is 0.587. The molecular weight excluding hydrogens is 136 g/mol. The summed E-state index contributed by atoms with van der Waals surface area (Å²) < 4.78 is 4.85. The largest absolute Gasteiger partial charge is 0.457 e. The minimum Gasteiger partial charge on any atom is -0.457 e. The van der Waals surface area contributed by atoms with E-state index in [1.165, 1.54) is 0 Å². The summed E-state index contributed by atoms with van der Waals surface area (Å²) in [4.78, 5) is 0.742. The van der Waals surface area contributed by atoms with E-state index in [0.717, 1.165) is 4.91 Å². The van der Waals surface area contributed by atoms with E-state index in [0.29, 0.717) is 5.88 Å². The lowest BCUT2D eigenvalue weighted by Crippen LogP contribution is -2.25. The van der Waals surface area contributed by atoms with Crippen LogP contribution in [-0.4, -0.2) is 6.23 Å². The van der Waals surface area contributed by atoms with Crippen LogP contribution < -0.4 is 11.5 Å². The van der Waals surface area contributed by atoms with Crippen molar-refractivity contribution in [3.63, 3.8) is 0 Å². The second-order valence-corrected chi connectivity index (χ2v) is 2.24. The molecule has 4 heteroatoms. The molecule has 1 heterocycles. The molecule has 0 fully saturated rings. The zero-order valence-corrected chi connectivity index (χ0v) is 5.64. The molecule has 0 amide bonds. The van der Waals surface area contributed by atoms with Gasteiger partial charge in [0.15, 0.2) is 12.1 Å². The van der Waals surface area contributed by atoms with Crippen LogP contribution in [0.2, 0.25) is 0 Å². The van der Waals surface area contributed by atoms with Gasteiger partial charge >= 0.3 is 0 Å². The Balaban J connectivity index is 2.74. The lowest BCUT2D eigenvalue weighted by atomic mass is 10.4. The summed E-state index contributed by atoms with van der Waals surface area (Å²) >= 11 is 4.02. The predicted molar refractivity (Wildman–Crippen MR) is 38.4 cm³/mol. The van der Waals surface area contributed by atoms with Gasteiger partial charge in [0.1, 0.15) is 0 Å². The molecule has 0 aromatic carbocycles. The second-order valence-electron chi connectivity index (χ2n) is 1.72. The van der Waals surface area contributed by atoms with Gasteiger partial charge in [-0.15, -0.1) is 12.6 Å². The molecule has 3 nitrogen and oxygen atoms in total. The first-order valence-electron chi connectivity index (χ1n) is 2.48. The van der Waals surface area contributed by atoms with Gasteiger partial charge in [-0.2, -0.15) is 0 Å². The van der Waals surface area contributed by atoms with E-state index >= 15 is 0 Å². The van der Waals surface area contributed by atoms with Gasteiger partial charge in [0.2, 0.25) is 0 Å². The molecule has 0 aromatic rings. The number of allylic oxidation sites excluding steroid dienone is 1. The zero-order chi connectivity index (χ0) is 6.85. The van der Waals surface area contributed by atoms with Crippen molar-refractivity contribution in [2.75, 3.05) is 0 Å². The van der Waals surface area contributed by atoms with E-state index in [1.54, 1.807) is 12.2 Å². The van der Waals surface area contributed by atoms with Gasteiger partial charge in [0, 0.05) is 11.0 Å². The van der Waals surface area contributed by atoms with Crippen molar-refractivity contribution in [1.82, 2.24) is 0 Å². The van der Waals surface area contributed by atoms with Crippen LogP contribution in [0.1, 0.15) is 0 Å². The van der Waals surface area contributed by atoms with Crippen LogP contribution in [0.5, 0.6) is 0 Å². The molecule has 0 bridgehead atoms. The Morgan fingerprint density at radius 2 is 2.33 bits per heavy atom. The Morgan fingerprint density at radius 1 is 1.67 bits per heavy atom. The highest BCUT2D eigenvalue weighted by Gasteiger charge is 2.06. The molecule has 1 atom stereocenters. The molecule has 0 aromatic heterocycles. The lowest BCUT2D eigenvalue weighted by Gasteiger charge is -2.14. The molecule has 1 aliphatic rings. The molecule has 1 rings (SSSR count). The van der Waals surface area contributed by atoms with Crippen molar-refractivity contribution < 1.29 is 4.74 Å². The van der Waals surface area contributed by atoms with Crippen molar-refractivity contribution in [2.24, 2.45) is 11.5 Å². The number of nitrogens with two attached hydrogens (primary N) is 2. The Labute approximate surface area is 58.8 Å². The summed E-state index contributed by atoms with van der Waals surface area (Å²) in [6, 6.07) is 0. The Bertz CT molecular complexity index is 176. The third-order valence-corrected chi connectivity index (χ3v) is 1.18. The first kappa shape index (κ1) is 6.51. The number of ether oxygens (including phenoxy) is 1. The van der Waals surface area contributed by atoms with Crippen LogP contribution in [0.15, 0.2) is 22.9 Å². The third-order valence-electron chi connectivity index (χ3n) is 0.897. The first-order chi connectivity index (χ1) is 4.18. The zero-order valence-electron chi connectivity index (χ0n) is 4.74.